The minimum atomic E-state index is -3.91. The van der Waals surface area contributed by atoms with Gasteiger partial charge in [0, 0.05) is 27.4 Å². The van der Waals surface area contributed by atoms with Gasteiger partial charge < -0.3 is 9.15 Å². The molecule has 220 valence electrons. The summed E-state index contributed by atoms with van der Waals surface area (Å²) < 4.78 is 40.5. The molecule has 1 amide bonds. The van der Waals surface area contributed by atoms with Crippen molar-refractivity contribution in [2.75, 3.05) is 12.0 Å². The van der Waals surface area contributed by atoms with E-state index >= 15 is 0 Å². The quantitative estimate of drug-likeness (QED) is 0.140. The lowest BCUT2D eigenvalue weighted by Gasteiger charge is -2.21. The molecular weight excluding hydrogens is 656 g/mol. The van der Waals surface area contributed by atoms with Gasteiger partial charge in [0.15, 0.2) is 0 Å². The van der Waals surface area contributed by atoms with Crippen LogP contribution in [0.15, 0.2) is 122 Å². The van der Waals surface area contributed by atoms with E-state index in [1.807, 2.05) is 0 Å². The Kier molecular flexibility index (Phi) is 9.03. The van der Waals surface area contributed by atoms with Gasteiger partial charge in [-0.1, -0.05) is 57.9 Å². The van der Waals surface area contributed by atoms with E-state index in [0.29, 0.717) is 22.2 Å². The van der Waals surface area contributed by atoms with Crippen molar-refractivity contribution in [2.45, 2.75) is 24.9 Å². The van der Waals surface area contributed by atoms with Gasteiger partial charge >= 0.3 is 5.97 Å². The highest BCUT2D eigenvalue weighted by Gasteiger charge is 2.38. The Labute approximate surface area is 263 Å². The van der Waals surface area contributed by atoms with Crippen molar-refractivity contribution < 1.29 is 27.2 Å². The number of ether oxygens (including phenoxy) is 1. The molecule has 0 spiro atoms. The van der Waals surface area contributed by atoms with Crippen molar-refractivity contribution in [1.82, 2.24) is 4.31 Å². The molecule has 0 aliphatic carbocycles. The number of sulfonamides is 1. The summed E-state index contributed by atoms with van der Waals surface area (Å²) in [4.78, 5) is 28.0. The number of esters is 1. The topological polar surface area (TPSA) is 97.1 Å². The number of amides is 1. The molecule has 0 fully saturated rings. The largest absolute Gasteiger partial charge is 0.465 e. The molecule has 0 radical (unpaired) electrons. The van der Waals surface area contributed by atoms with Gasteiger partial charge in [0.1, 0.15) is 11.5 Å². The Morgan fingerprint density at radius 3 is 2.30 bits per heavy atom. The lowest BCUT2D eigenvalue weighted by atomic mass is 10.1. The fourth-order valence-electron chi connectivity index (χ4n) is 4.72. The molecule has 43 heavy (non-hydrogen) atoms. The van der Waals surface area contributed by atoms with Crippen molar-refractivity contribution in [2.24, 2.45) is 0 Å². The van der Waals surface area contributed by atoms with E-state index in [9.17, 15) is 18.0 Å². The van der Waals surface area contributed by atoms with Crippen molar-refractivity contribution in [3.8, 4) is 0 Å². The highest BCUT2D eigenvalue weighted by Crippen LogP contribution is 2.36. The van der Waals surface area contributed by atoms with Crippen molar-refractivity contribution >= 4 is 61.2 Å². The molecule has 5 rings (SSSR count). The number of methoxy groups -OCH3 is 1. The van der Waals surface area contributed by atoms with Gasteiger partial charge in [0.25, 0.3) is 5.91 Å². The second-order valence-electron chi connectivity index (χ2n) is 9.64. The molecule has 1 aliphatic heterocycles. The lowest BCUT2D eigenvalue weighted by Crippen LogP contribution is -2.30. The van der Waals surface area contributed by atoms with Crippen LogP contribution in [0.5, 0.6) is 0 Å². The van der Waals surface area contributed by atoms with Gasteiger partial charge in [-0.2, -0.15) is 4.31 Å². The van der Waals surface area contributed by atoms with E-state index < -0.39 is 21.9 Å². The molecule has 0 saturated heterocycles. The van der Waals surface area contributed by atoms with Crippen LogP contribution in [0, 0.1) is 0 Å². The second-order valence-corrected chi connectivity index (χ2v) is 12.9. The van der Waals surface area contributed by atoms with Gasteiger partial charge in [-0.15, -0.1) is 0 Å². The van der Waals surface area contributed by atoms with E-state index in [-0.39, 0.29) is 34.9 Å². The smallest absolute Gasteiger partial charge is 0.340 e. The summed E-state index contributed by atoms with van der Waals surface area (Å²) in [5.74, 6) is -0.467. The zero-order valence-corrected chi connectivity index (χ0v) is 26.3. The molecule has 1 aromatic heterocycles. The van der Waals surface area contributed by atoms with Crippen LogP contribution >= 0.6 is 27.5 Å². The van der Waals surface area contributed by atoms with Crippen molar-refractivity contribution in [1.29, 1.82) is 0 Å². The van der Waals surface area contributed by atoms with Crippen LogP contribution in [0.1, 0.15) is 24.0 Å². The predicted molar refractivity (Wildman–Crippen MR) is 167 cm³/mol. The fraction of sp³-hybridized carbons (Fsp3) is 0.125. The third-order valence-electron chi connectivity index (χ3n) is 6.83. The summed E-state index contributed by atoms with van der Waals surface area (Å²) in [6.45, 7) is 1.66. The van der Waals surface area contributed by atoms with Crippen LogP contribution in [-0.4, -0.2) is 31.7 Å². The van der Waals surface area contributed by atoms with Crippen LogP contribution in [0.2, 0.25) is 5.02 Å². The van der Waals surface area contributed by atoms with Gasteiger partial charge in [-0.3, -0.25) is 9.69 Å². The van der Waals surface area contributed by atoms with Crippen LogP contribution < -0.4 is 4.90 Å². The molecule has 0 N–H and O–H groups in total. The lowest BCUT2D eigenvalue weighted by molar-refractivity contribution is -0.136. The Bertz CT molecular complexity index is 1830. The Morgan fingerprint density at radius 2 is 1.65 bits per heavy atom. The highest BCUT2D eigenvalue weighted by atomic mass is 79.9. The molecule has 1 aliphatic rings. The van der Waals surface area contributed by atoms with E-state index in [2.05, 4.69) is 15.9 Å². The first kappa shape index (κ1) is 30.5. The number of hydrogen-bond acceptors (Lipinski definition) is 6. The zero-order chi connectivity index (χ0) is 30.7. The SMILES string of the molecule is COC(=O)C1=C(C)N(c2ccc(Br)cc2)C(=O)/C1=C/c1ccc(CN(Cc2ccc(Cl)cc2)S(=O)(=O)c2ccccc2)o1. The molecule has 3 aromatic carbocycles. The minimum Gasteiger partial charge on any atom is -0.465 e. The Morgan fingerprint density at radius 1 is 0.977 bits per heavy atom. The number of halogens is 2. The highest BCUT2D eigenvalue weighted by molar-refractivity contribution is 9.10. The van der Waals surface area contributed by atoms with Crippen molar-refractivity contribution in [3.05, 3.63) is 134 Å². The number of furan rings is 1. The van der Waals surface area contributed by atoms with Crippen LogP contribution in [0.4, 0.5) is 5.69 Å². The molecule has 4 aromatic rings. The first-order chi connectivity index (χ1) is 20.6. The third kappa shape index (κ3) is 6.52. The van der Waals surface area contributed by atoms with Gasteiger partial charge in [0.2, 0.25) is 10.0 Å². The standard InChI is InChI=1S/C32H26BrClN2O6S/c1-21-30(32(38)41-2)29(31(37)36(21)25-14-10-23(33)11-15-25)18-26-16-17-27(42-26)20-35(19-22-8-12-24(34)13-9-22)43(39,40)28-6-4-3-5-7-28/h3-18H,19-20H2,1-2H3/b29-18+. The van der Waals surface area contributed by atoms with E-state index in [4.69, 9.17) is 20.8 Å². The zero-order valence-electron chi connectivity index (χ0n) is 23.2. The average Bonchev–Trinajstić information content (AvgIpc) is 3.55. The number of allylic oxidation sites excluding steroid dienone is 1. The minimum absolute atomic E-state index is 0.0700. The number of rotatable bonds is 9. The molecule has 8 nitrogen and oxygen atoms in total. The molecular formula is C32H26BrClN2O6S. The molecule has 0 bridgehead atoms. The second kappa shape index (κ2) is 12.7. The maximum atomic E-state index is 13.7. The third-order valence-corrected chi connectivity index (χ3v) is 9.42. The monoisotopic (exact) mass is 680 g/mol. The first-order valence-corrected chi connectivity index (χ1v) is 15.7. The molecule has 2 heterocycles. The molecule has 0 unspecified atom stereocenters. The van der Waals surface area contributed by atoms with E-state index in [0.717, 1.165) is 10.0 Å². The number of carbonyl (C=O) groups excluding carboxylic acids is 2. The molecule has 0 saturated carbocycles. The first-order valence-electron chi connectivity index (χ1n) is 13.1. The van der Waals surface area contributed by atoms with Gasteiger partial charge in [0.05, 0.1) is 29.7 Å². The summed E-state index contributed by atoms with van der Waals surface area (Å²) >= 11 is 9.42. The van der Waals surface area contributed by atoms with Crippen LogP contribution in [-0.2, 0) is 37.4 Å². The van der Waals surface area contributed by atoms with Gasteiger partial charge in [-0.25, -0.2) is 13.2 Å². The average molecular weight is 682 g/mol. The Balaban J connectivity index is 1.48. The number of nitrogens with zero attached hydrogens (tertiary/aromatic N) is 2. The summed E-state index contributed by atoms with van der Waals surface area (Å²) in [5.41, 5.74) is 1.96. The Hall–Kier alpha value is -3.96. The number of benzene rings is 3. The summed E-state index contributed by atoms with van der Waals surface area (Å²) in [5, 5.41) is 0.542. The van der Waals surface area contributed by atoms with E-state index in [1.165, 1.54) is 34.5 Å². The van der Waals surface area contributed by atoms with Crippen LogP contribution in [0.25, 0.3) is 6.08 Å². The normalized spacial score (nSPS) is 14.7. The molecule has 0 atom stereocenters. The van der Waals surface area contributed by atoms with Crippen molar-refractivity contribution in [3.63, 3.8) is 0 Å². The number of hydrogen-bond donors (Lipinski definition) is 0. The fourth-order valence-corrected chi connectivity index (χ4v) is 6.52. The van der Waals surface area contributed by atoms with Crippen LogP contribution in [0.3, 0.4) is 0 Å². The summed E-state index contributed by atoms with van der Waals surface area (Å²) in [7, 11) is -2.66. The number of anilines is 1. The summed E-state index contributed by atoms with van der Waals surface area (Å²) in [6.07, 6.45) is 1.47. The number of carbonyl (C=O) groups is 2. The summed E-state index contributed by atoms with van der Waals surface area (Å²) in [6, 6.07) is 25.5. The molecule has 11 heteroatoms. The predicted octanol–water partition coefficient (Wildman–Crippen LogP) is 6.96. The van der Waals surface area contributed by atoms with Gasteiger partial charge in [-0.05, 0) is 79.2 Å². The maximum Gasteiger partial charge on any atom is 0.340 e. The van der Waals surface area contributed by atoms with E-state index in [1.54, 1.807) is 85.8 Å². The maximum absolute atomic E-state index is 13.7.